The van der Waals surface area contributed by atoms with Gasteiger partial charge in [0, 0.05) is 33.2 Å². The summed E-state index contributed by atoms with van der Waals surface area (Å²) in [5.74, 6) is 0.695. The molecule has 0 saturated heterocycles. The van der Waals surface area contributed by atoms with Gasteiger partial charge in [-0.3, -0.25) is 0 Å². The second-order valence-corrected chi connectivity index (χ2v) is 12.5. The van der Waals surface area contributed by atoms with E-state index in [0.29, 0.717) is 5.82 Å². The topological polar surface area (TPSA) is 38.7 Å². The first kappa shape index (κ1) is 29.4. The highest BCUT2D eigenvalue weighted by molar-refractivity contribution is 5.96. The van der Waals surface area contributed by atoms with Gasteiger partial charge in [0.2, 0.25) is 0 Å². The number of fused-ring (bicyclic) bond motifs is 2. The maximum Gasteiger partial charge on any atom is 0.160 e. The first-order valence-electron chi connectivity index (χ1n) is 16.9. The minimum atomic E-state index is 0.695. The maximum atomic E-state index is 5.18. The molecule has 0 aliphatic heterocycles. The number of hydrogen-bond donors (Lipinski definition) is 0. The molecule has 3 heteroatoms. The van der Waals surface area contributed by atoms with Crippen molar-refractivity contribution < 1.29 is 0 Å². The van der Waals surface area contributed by atoms with E-state index in [4.69, 9.17) is 15.0 Å². The minimum absolute atomic E-state index is 0.695. The maximum absolute atomic E-state index is 5.18. The highest BCUT2D eigenvalue weighted by Crippen LogP contribution is 2.36. The largest absolute Gasteiger partial charge is 0.247 e. The van der Waals surface area contributed by atoms with Crippen LogP contribution < -0.4 is 0 Å². The van der Waals surface area contributed by atoms with E-state index in [0.717, 1.165) is 72.5 Å². The third-order valence-corrected chi connectivity index (χ3v) is 9.28. The van der Waals surface area contributed by atoms with Crippen LogP contribution in [0.5, 0.6) is 0 Å². The number of nitrogens with zero attached hydrogens (tertiary/aromatic N) is 3. The Morgan fingerprint density at radius 2 is 0.900 bits per heavy atom. The summed E-state index contributed by atoms with van der Waals surface area (Å²) >= 11 is 0. The molecule has 0 spiro atoms. The number of rotatable bonds is 6. The first-order chi connectivity index (χ1) is 24.8. The number of hydrogen-bond acceptors (Lipinski definition) is 3. The number of benzene rings is 7. The van der Waals surface area contributed by atoms with E-state index in [9.17, 15) is 0 Å². The SMILES string of the molecule is c1ccc(-c2cc(-c3cccc4ccccc34)nc(-c3cccc(-c4ccc(-c5nc6ccccc6cc5-c5ccccc5)cc4)c3)n2)cc1. The van der Waals surface area contributed by atoms with Crippen LogP contribution in [0.15, 0.2) is 188 Å². The van der Waals surface area contributed by atoms with Crippen molar-refractivity contribution in [3.63, 3.8) is 0 Å². The van der Waals surface area contributed by atoms with Crippen LogP contribution in [-0.4, -0.2) is 15.0 Å². The van der Waals surface area contributed by atoms with E-state index in [1.165, 1.54) is 10.8 Å². The molecule has 0 fully saturated rings. The molecule has 0 saturated carbocycles. The van der Waals surface area contributed by atoms with Crippen LogP contribution in [0.4, 0.5) is 0 Å². The Morgan fingerprint density at radius 1 is 0.300 bits per heavy atom. The van der Waals surface area contributed by atoms with Gasteiger partial charge in [0.15, 0.2) is 5.82 Å². The predicted molar refractivity (Wildman–Crippen MR) is 207 cm³/mol. The molecule has 0 amide bonds. The second-order valence-electron chi connectivity index (χ2n) is 12.5. The average Bonchev–Trinajstić information content (AvgIpc) is 3.21. The Labute approximate surface area is 291 Å². The van der Waals surface area contributed by atoms with E-state index >= 15 is 0 Å². The van der Waals surface area contributed by atoms with Crippen molar-refractivity contribution in [3.05, 3.63) is 188 Å². The lowest BCUT2D eigenvalue weighted by molar-refractivity contribution is 1.18. The van der Waals surface area contributed by atoms with Crippen molar-refractivity contribution in [1.29, 1.82) is 0 Å². The van der Waals surface area contributed by atoms with Gasteiger partial charge in [-0.15, -0.1) is 0 Å². The molecule has 0 atom stereocenters. The van der Waals surface area contributed by atoms with Crippen LogP contribution in [0.1, 0.15) is 0 Å². The van der Waals surface area contributed by atoms with Crippen molar-refractivity contribution in [2.75, 3.05) is 0 Å². The van der Waals surface area contributed by atoms with Gasteiger partial charge < -0.3 is 0 Å². The highest BCUT2D eigenvalue weighted by atomic mass is 14.9. The zero-order valence-electron chi connectivity index (χ0n) is 27.2. The Balaban J connectivity index is 1.12. The summed E-state index contributed by atoms with van der Waals surface area (Å²) in [4.78, 5) is 15.4. The van der Waals surface area contributed by atoms with E-state index in [1.807, 2.05) is 18.2 Å². The van der Waals surface area contributed by atoms with Gasteiger partial charge in [-0.1, -0.05) is 164 Å². The van der Waals surface area contributed by atoms with Gasteiger partial charge >= 0.3 is 0 Å². The normalized spacial score (nSPS) is 11.2. The summed E-state index contributed by atoms with van der Waals surface area (Å²) in [6.07, 6.45) is 0. The van der Waals surface area contributed by atoms with Crippen LogP contribution in [0.2, 0.25) is 0 Å². The summed E-state index contributed by atoms with van der Waals surface area (Å²) in [7, 11) is 0. The first-order valence-corrected chi connectivity index (χ1v) is 16.9. The van der Waals surface area contributed by atoms with E-state index in [-0.39, 0.29) is 0 Å². The summed E-state index contributed by atoms with van der Waals surface area (Å²) in [6.45, 7) is 0. The molecule has 0 radical (unpaired) electrons. The smallest absolute Gasteiger partial charge is 0.160 e. The van der Waals surface area contributed by atoms with Crippen LogP contribution in [0, 0.1) is 0 Å². The second kappa shape index (κ2) is 12.7. The molecule has 2 heterocycles. The van der Waals surface area contributed by atoms with E-state index in [1.54, 1.807) is 0 Å². The fraction of sp³-hybridized carbons (Fsp3) is 0. The summed E-state index contributed by atoms with van der Waals surface area (Å²) in [5.41, 5.74) is 12.4. The predicted octanol–water partition coefficient (Wildman–Crippen LogP) is 12.2. The Hall–Kier alpha value is -6.71. The quantitative estimate of drug-likeness (QED) is 0.182. The third-order valence-electron chi connectivity index (χ3n) is 9.28. The number of para-hydroxylation sites is 1. The molecular weight excluding hydrogens is 607 g/mol. The molecule has 0 aliphatic carbocycles. The zero-order valence-corrected chi connectivity index (χ0v) is 27.2. The van der Waals surface area contributed by atoms with Gasteiger partial charge in [-0.05, 0) is 51.7 Å². The molecule has 0 unspecified atom stereocenters. The van der Waals surface area contributed by atoms with Crippen molar-refractivity contribution in [3.8, 4) is 67.4 Å². The lowest BCUT2D eigenvalue weighted by Crippen LogP contribution is -1.96. The zero-order chi connectivity index (χ0) is 33.3. The summed E-state index contributed by atoms with van der Waals surface area (Å²) in [6, 6.07) is 65.6. The van der Waals surface area contributed by atoms with Crippen LogP contribution in [-0.2, 0) is 0 Å². The average molecular weight is 638 g/mol. The van der Waals surface area contributed by atoms with Crippen molar-refractivity contribution in [2.45, 2.75) is 0 Å². The van der Waals surface area contributed by atoms with Crippen molar-refractivity contribution >= 4 is 21.7 Å². The van der Waals surface area contributed by atoms with Gasteiger partial charge in [0.05, 0.1) is 22.6 Å². The van der Waals surface area contributed by atoms with Gasteiger partial charge in [0.25, 0.3) is 0 Å². The summed E-state index contributed by atoms with van der Waals surface area (Å²) < 4.78 is 0. The molecule has 0 N–H and O–H groups in total. The summed E-state index contributed by atoms with van der Waals surface area (Å²) in [5, 5.41) is 3.49. The molecule has 9 rings (SSSR count). The molecule has 3 nitrogen and oxygen atoms in total. The fourth-order valence-corrected chi connectivity index (χ4v) is 6.75. The third kappa shape index (κ3) is 5.61. The lowest BCUT2D eigenvalue weighted by Gasteiger charge is -2.13. The van der Waals surface area contributed by atoms with E-state index in [2.05, 4.69) is 170 Å². The Bertz CT molecular complexity index is 2620. The van der Waals surface area contributed by atoms with Crippen molar-refractivity contribution in [2.24, 2.45) is 0 Å². The standard InChI is InChI=1S/C47H31N3/c1-3-13-34(14-4-1)42-30-38-18-8-10-24-43(38)48-46(42)36-27-25-32(26-28-36)37-20-11-21-39(29-37)47-49-44(35-16-5-2-6-17-35)31-45(50-47)41-23-12-19-33-15-7-9-22-40(33)41/h1-31H. The highest BCUT2D eigenvalue weighted by Gasteiger charge is 2.15. The molecular formula is C47H31N3. The molecule has 7 aromatic carbocycles. The molecule has 9 aromatic rings. The van der Waals surface area contributed by atoms with Gasteiger partial charge in [-0.25, -0.2) is 15.0 Å². The number of aromatic nitrogens is 3. The fourth-order valence-electron chi connectivity index (χ4n) is 6.75. The number of pyridine rings is 1. The van der Waals surface area contributed by atoms with Crippen LogP contribution in [0.25, 0.3) is 89.1 Å². The molecule has 234 valence electrons. The minimum Gasteiger partial charge on any atom is -0.247 e. The van der Waals surface area contributed by atoms with Gasteiger partial charge in [0.1, 0.15) is 0 Å². The Kier molecular flexibility index (Phi) is 7.49. The van der Waals surface area contributed by atoms with E-state index < -0.39 is 0 Å². The van der Waals surface area contributed by atoms with Crippen molar-refractivity contribution in [1.82, 2.24) is 15.0 Å². The Morgan fingerprint density at radius 3 is 1.72 bits per heavy atom. The van der Waals surface area contributed by atoms with Crippen LogP contribution >= 0.6 is 0 Å². The molecule has 2 aromatic heterocycles. The monoisotopic (exact) mass is 637 g/mol. The molecule has 0 aliphatic rings. The molecule has 0 bridgehead atoms. The lowest BCUT2D eigenvalue weighted by atomic mass is 9.95. The van der Waals surface area contributed by atoms with Gasteiger partial charge in [-0.2, -0.15) is 0 Å². The molecule has 50 heavy (non-hydrogen) atoms. The van der Waals surface area contributed by atoms with Crippen LogP contribution in [0.3, 0.4) is 0 Å².